The lowest BCUT2D eigenvalue weighted by molar-refractivity contribution is -0.141. The molecule has 2 heterocycles. The highest BCUT2D eigenvalue weighted by atomic mass is 19.4. The van der Waals surface area contributed by atoms with Gasteiger partial charge in [0.25, 0.3) is 0 Å². The number of rotatable bonds is 3. The van der Waals surface area contributed by atoms with Crippen LogP contribution in [0.3, 0.4) is 0 Å². The quantitative estimate of drug-likeness (QED) is 0.730. The van der Waals surface area contributed by atoms with Gasteiger partial charge in [0.15, 0.2) is 0 Å². The Balaban J connectivity index is 1.56. The van der Waals surface area contributed by atoms with Crippen LogP contribution >= 0.6 is 0 Å². The van der Waals surface area contributed by atoms with E-state index in [1.54, 1.807) is 19.1 Å². The van der Waals surface area contributed by atoms with Crippen LogP contribution in [0.1, 0.15) is 42.5 Å². The van der Waals surface area contributed by atoms with Crippen molar-refractivity contribution >= 4 is 11.7 Å². The van der Waals surface area contributed by atoms with Gasteiger partial charge in [0.05, 0.1) is 24.0 Å². The number of nitrogens with zero attached hydrogens (tertiary/aromatic N) is 3. The van der Waals surface area contributed by atoms with Crippen molar-refractivity contribution in [3.63, 3.8) is 0 Å². The predicted octanol–water partition coefficient (Wildman–Crippen LogP) is 4.41. The van der Waals surface area contributed by atoms with Gasteiger partial charge < -0.3 is 10.4 Å². The van der Waals surface area contributed by atoms with Gasteiger partial charge in [0.1, 0.15) is 11.4 Å². The number of pyridine rings is 1. The van der Waals surface area contributed by atoms with Gasteiger partial charge >= 0.3 is 12.2 Å². The van der Waals surface area contributed by atoms with E-state index in [1.807, 2.05) is 26.2 Å². The first-order valence-electron chi connectivity index (χ1n) is 10.6. The second kappa shape index (κ2) is 7.65. The second-order valence-electron chi connectivity index (χ2n) is 9.13. The maximum Gasteiger partial charge on any atom is 0.433 e. The van der Waals surface area contributed by atoms with Gasteiger partial charge in [-0.05, 0) is 76.0 Å². The average molecular weight is 448 g/mol. The first kappa shape index (κ1) is 22.4. The minimum atomic E-state index is -4.53. The third-order valence-electron chi connectivity index (χ3n) is 7.02. The molecule has 1 saturated carbocycles. The zero-order valence-corrected chi connectivity index (χ0v) is 18.3. The van der Waals surface area contributed by atoms with E-state index in [-0.39, 0.29) is 17.3 Å². The summed E-state index contributed by atoms with van der Waals surface area (Å²) in [4.78, 5) is 20.0. The molecule has 2 amide bonds. The lowest BCUT2D eigenvalue weighted by Gasteiger charge is -2.48. The van der Waals surface area contributed by atoms with Crippen LogP contribution in [-0.4, -0.2) is 47.2 Å². The Morgan fingerprint density at radius 3 is 2.41 bits per heavy atom. The van der Waals surface area contributed by atoms with E-state index in [4.69, 9.17) is 0 Å². The number of benzene rings is 1. The zero-order valence-electron chi connectivity index (χ0n) is 18.3. The van der Waals surface area contributed by atoms with Crippen molar-refractivity contribution in [1.29, 1.82) is 0 Å². The third kappa shape index (κ3) is 3.79. The predicted molar refractivity (Wildman–Crippen MR) is 115 cm³/mol. The molecule has 6 nitrogen and oxygen atoms in total. The van der Waals surface area contributed by atoms with Gasteiger partial charge in [-0.15, -0.1) is 0 Å². The summed E-state index contributed by atoms with van der Waals surface area (Å²) in [6.07, 6.45) is -0.449. The topological polar surface area (TPSA) is 68.7 Å². The molecular weight excluding hydrogens is 421 g/mol. The van der Waals surface area contributed by atoms with Crippen LogP contribution < -0.4 is 10.2 Å². The molecule has 1 saturated heterocycles. The highest BCUT2D eigenvalue weighted by Crippen LogP contribution is 2.47. The molecule has 9 heteroatoms. The number of hydrogen-bond acceptors (Lipinski definition) is 4. The molecule has 0 radical (unpaired) electrons. The number of phenols is 1. The highest BCUT2D eigenvalue weighted by Gasteiger charge is 2.50. The normalized spacial score (nSPS) is 26.1. The first-order valence-corrected chi connectivity index (χ1v) is 10.6. The molecule has 1 spiro atoms. The first-order chi connectivity index (χ1) is 15.0. The number of halogens is 3. The van der Waals surface area contributed by atoms with Gasteiger partial charge in [0.2, 0.25) is 0 Å². The molecular formula is C23H27F3N4O2. The number of nitrogens with one attached hydrogen (secondary N) is 1. The van der Waals surface area contributed by atoms with E-state index in [9.17, 15) is 23.1 Å². The van der Waals surface area contributed by atoms with Crippen molar-refractivity contribution in [2.24, 2.45) is 0 Å². The standard InChI is InChI=1S/C23H27F3N4O2/c1-15-11-19(23(24,25)26)27-13-18(15)30-14-21(28-20(30)32)7-9-22(10-8-21,29(2)3)16-5-4-6-17(31)12-16/h4-6,11-13,31H,7-10,14H2,1-3H3,(H,28,32)/t21-,22+. The monoisotopic (exact) mass is 448 g/mol. The van der Waals surface area contributed by atoms with Crippen LogP contribution in [0, 0.1) is 6.92 Å². The summed E-state index contributed by atoms with van der Waals surface area (Å²) in [6, 6.07) is 7.94. The number of anilines is 1. The molecule has 0 atom stereocenters. The Hall–Kier alpha value is -2.81. The van der Waals surface area contributed by atoms with Crippen molar-refractivity contribution in [2.45, 2.75) is 49.9 Å². The highest BCUT2D eigenvalue weighted by molar-refractivity contribution is 5.96. The van der Waals surface area contributed by atoms with E-state index in [1.165, 1.54) is 4.90 Å². The molecule has 1 aromatic heterocycles. The summed E-state index contributed by atoms with van der Waals surface area (Å²) < 4.78 is 38.9. The van der Waals surface area contributed by atoms with Crippen molar-refractivity contribution in [3.05, 3.63) is 53.3 Å². The number of phenolic OH excluding ortho intramolecular Hbond substituents is 1. The molecule has 32 heavy (non-hydrogen) atoms. The van der Waals surface area contributed by atoms with Crippen LogP contribution in [0.25, 0.3) is 0 Å². The van der Waals surface area contributed by atoms with Gasteiger partial charge in [-0.2, -0.15) is 13.2 Å². The summed E-state index contributed by atoms with van der Waals surface area (Å²) in [5, 5.41) is 13.1. The summed E-state index contributed by atoms with van der Waals surface area (Å²) >= 11 is 0. The van der Waals surface area contributed by atoms with E-state index >= 15 is 0 Å². The Kier molecular flexibility index (Phi) is 5.35. The number of aromatic hydroxyl groups is 1. The fourth-order valence-corrected chi connectivity index (χ4v) is 5.10. The molecule has 1 aliphatic heterocycles. The van der Waals surface area contributed by atoms with Crippen LogP contribution in [0.2, 0.25) is 0 Å². The summed E-state index contributed by atoms with van der Waals surface area (Å²) in [5.41, 5.74) is 0.0905. The molecule has 2 aromatic rings. The van der Waals surface area contributed by atoms with Gasteiger partial charge in [-0.1, -0.05) is 12.1 Å². The van der Waals surface area contributed by atoms with Crippen LogP contribution in [-0.2, 0) is 11.7 Å². The van der Waals surface area contributed by atoms with Gasteiger partial charge in [0, 0.05) is 5.54 Å². The Labute approximate surface area is 185 Å². The number of hydrogen-bond donors (Lipinski definition) is 2. The molecule has 0 bridgehead atoms. The molecule has 4 rings (SSSR count). The minimum absolute atomic E-state index is 0.217. The molecule has 2 aliphatic rings. The summed E-state index contributed by atoms with van der Waals surface area (Å²) in [7, 11) is 4.03. The van der Waals surface area contributed by atoms with E-state index in [0.717, 1.165) is 30.7 Å². The Bertz CT molecular complexity index is 1030. The fraction of sp³-hybridized carbons (Fsp3) is 0.478. The number of alkyl halides is 3. The lowest BCUT2D eigenvalue weighted by Crippen LogP contribution is -2.54. The van der Waals surface area contributed by atoms with Crippen molar-refractivity contribution in [1.82, 2.24) is 15.2 Å². The average Bonchev–Trinajstić information content (AvgIpc) is 3.03. The number of aromatic nitrogens is 1. The fourth-order valence-electron chi connectivity index (χ4n) is 5.10. The van der Waals surface area contributed by atoms with Crippen molar-refractivity contribution in [3.8, 4) is 5.75 Å². The number of carbonyl (C=O) groups is 1. The number of carbonyl (C=O) groups excluding carboxylic acids is 1. The summed E-state index contributed by atoms with van der Waals surface area (Å²) in [6.45, 7) is 1.94. The number of urea groups is 1. The summed E-state index contributed by atoms with van der Waals surface area (Å²) in [5.74, 6) is 0.217. The lowest BCUT2D eigenvalue weighted by atomic mass is 9.69. The largest absolute Gasteiger partial charge is 0.508 e. The van der Waals surface area contributed by atoms with Gasteiger partial charge in [-0.3, -0.25) is 9.80 Å². The molecule has 2 fully saturated rings. The number of amides is 2. The molecule has 172 valence electrons. The maximum atomic E-state index is 13.0. The van der Waals surface area contributed by atoms with Gasteiger partial charge in [-0.25, -0.2) is 9.78 Å². The Morgan fingerprint density at radius 1 is 1.16 bits per heavy atom. The van der Waals surface area contributed by atoms with Crippen molar-refractivity contribution in [2.75, 3.05) is 25.5 Å². The number of aryl methyl sites for hydroxylation is 1. The SMILES string of the molecule is Cc1cc(C(F)(F)F)ncc1N1C[C@]2(CC[C@](c3cccc(O)c3)(N(C)C)CC2)NC1=O. The van der Waals surface area contributed by atoms with Crippen LogP contribution in [0.5, 0.6) is 5.75 Å². The zero-order chi connectivity index (χ0) is 23.3. The van der Waals surface area contributed by atoms with E-state index in [0.29, 0.717) is 30.6 Å². The molecule has 2 N–H and O–H groups in total. The third-order valence-corrected chi connectivity index (χ3v) is 7.02. The molecule has 1 aliphatic carbocycles. The van der Waals surface area contributed by atoms with Crippen LogP contribution in [0.4, 0.5) is 23.7 Å². The second-order valence-corrected chi connectivity index (χ2v) is 9.13. The maximum absolute atomic E-state index is 13.0. The van der Waals surface area contributed by atoms with Crippen molar-refractivity contribution < 1.29 is 23.1 Å². The van der Waals surface area contributed by atoms with Crippen LogP contribution in [0.15, 0.2) is 36.5 Å². The minimum Gasteiger partial charge on any atom is -0.508 e. The molecule has 1 aromatic carbocycles. The van der Waals surface area contributed by atoms with E-state index < -0.39 is 17.4 Å². The van der Waals surface area contributed by atoms with E-state index in [2.05, 4.69) is 15.2 Å². The smallest absolute Gasteiger partial charge is 0.433 e. The molecule has 0 unspecified atom stereocenters. The Morgan fingerprint density at radius 2 is 1.84 bits per heavy atom.